The minimum absolute atomic E-state index is 0.0680. The number of carbonyl (C=O) groups excluding carboxylic acids is 1. The largest absolute Gasteiger partial charge is 0.394 e. The second-order valence-electron chi connectivity index (χ2n) is 17.6. The van der Waals surface area contributed by atoms with Crippen LogP contribution in [-0.2, 0) is 4.79 Å². The summed E-state index contributed by atoms with van der Waals surface area (Å²) >= 11 is 0. The fourth-order valence-electron chi connectivity index (χ4n) is 8.02. The standard InChI is InChI=1S/C52H101NO3/c1-3-5-7-9-11-13-15-17-19-21-23-24-25-26-27-28-29-30-32-34-36-38-40-42-44-46-48-52(56)53-50(49-54)51(55)47-45-43-41-39-37-35-33-31-22-20-18-16-14-12-10-8-6-4-2/h37,39,45,47,50-51,54-55H,3-36,38,40-44,46,48-49H2,1-2H3,(H,53,56)/b39-37+,47-45+. The van der Waals surface area contributed by atoms with Crippen LogP contribution in [-0.4, -0.2) is 34.9 Å². The van der Waals surface area contributed by atoms with E-state index < -0.39 is 12.1 Å². The molecule has 0 aromatic rings. The van der Waals surface area contributed by atoms with Gasteiger partial charge in [-0.05, 0) is 32.1 Å². The number of nitrogens with one attached hydrogen (secondary N) is 1. The van der Waals surface area contributed by atoms with Crippen molar-refractivity contribution in [2.75, 3.05) is 6.61 Å². The van der Waals surface area contributed by atoms with Crippen molar-refractivity contribution in [1.29, 1.82) is 0 Å². The van der Waals surface area contributed by atoms with Crippen LogP contribution in [0, 0.1) is 0 Å². The number of aliphatic hydroxyl groups is 2. The number of aliphatic hydroxyl groups excluding tert-OH is 2. The van der Waals surface area contributed by atoms with Gasteiger partial charge in [-0.3, -0.25) is 4.79 Å². The fraction of sp³-hybridized carbons (Fsp3) is 0.904. The number of allylic oxidation sites excluding steroid dienone is 3. The minimum Gasteiger partial charge on any atom is -0.394 e. The molecule has 0 heterocycles. The summed E-state index contributed by atoms with van der Waals surface area (Å²) in [5.41, 5.74) is 0. The topological polar surface area (TPSA) is 69.6 Å². The van der Waals surface area contributed by atoms with E-state index in [0.29, 0.717) is 6.42 Å². The lowest BCUT2D eigenvalue weighted by Gasteiger charge is -2.19. The summed E-state index contributed by atoms with van der Waals surface area (Å²) in [6, 6.07) is -0.635. The van der Waals surface area contributed by atoms with E-state index in [1.165, 1.54) is 231 Å². The lowest BCUT2D eigenvalue weighted by atomic mass is 10.0. The molecular weight excluding hydrogens is 687 g/mol. The van der Waals surface area contributed by atoms with E-state index in [1.54, 1.807) is 6.08 Å². The third-order valence-electron chi connectivity index (χ3n) is 11.9. The van der Waals surface area contributed by atoms with Crippen LogP contribution < -0.4 is 5.32 Å². The van der Waals surface area contributed by atoms with Crippen molar-refractivity contribution in [1.82, 2.24) is 5.32 Å². The van der Waals surface area contributed by atoms with Crippen molar-refractivity contribution >= 4 is 5.91 Å². The second-order valence-corrected chi connectivity index (χ2v) is 17.6. The summed E-state index contributed by atoms with van der Waals surface area (Å²) in [4.78, 5) is 12.4. The van der Waals surface area contributed by atoms with Crippen molar-refractivity contribution in [3.63, 3.8) is 0 Å². The highest BCUT2D eigenvalue weighted by Gasteiger charge is 2.17. The van der Waals surface area contributed by atoms with E-state index in [0.717, 1.165) is 32.1 Å². The van der Waals surface area contributed by atoms with E-state index in [4.69, 9.17) is 0 Å². The normalized spacial score (nSPS) is 13.0. The molecule has 0 bridgehead atoms. The summed E-state index contributed by atoms with van der Waals surface area (Å²) in [6.45, 7) is 4.33. The van der Waals surface area contributed by atoms with Gasteiger partial charge in [-0.25, -0.2) is 0 Å². The molecule has 4 heteroatoms. The van der Waals surface area contributed by atoms with E-state index >= 15 is 0 Å². The first-order valence-corrected chi connectivity index (χ1v) is 25.6. The average Bonchev–Trinajstić information content (AvgIpc) is 3.20. The zero-order valence-corrected chi connectivity index (χ0v) is 38.2. The van der Waals surface area contributed by atoms with Gasteiger partial charge in [0, 0.05) is 6.42 Å². The zero-order chi connectivity index (χ0) is 40.7. The first-order valence-electron chi connectivity index (χ1n) is 25.6. The van der Waals surface area contributed by atoms with Crippen LogP contribution in [0.3, 0.4) is 0 Å². The Kier molecular flexibility index (Phi) is 47.3. The molecule has 0 saturated heterocycles. The van der Waals surface area contributed by atoms with Crippen molar-refractivity contribution in [2.24, 2.45) is 0 Å². The van der Waals surface area contributed by atoms with E-state index in [2.05, 4.69) is 31.3 Å². The Morgan fingerprint density at radius 2 is 0.696 bits per heavy atom. The summed E-state index contributed by atoms with van der Waals surface area (Å²) in [5.74, 6) is -0.0680. The molecule has 4 nitrogen and oxygen atoms in total. The van der Waals surface area contributed by atoms with Gasteiger partial charge in [0.1, 0.15) is 0 Å². The van der Waals surface area contributed by atoms with Gasteiger partial charge in [-0.15, -0.1) is 0 Å². The van der Waals surface area contributed by atoms with Gasteiger partial charge in [-0.1, -0.05) is 269 Å². The molecular formula is C52H101NO3. The van der Waals surface area contributed by atoms with Crippen molar-refractivity contribution in [3.8, 4) is 0 Å². The Hall–Kier alpha value is -1.13. The number of hydrogen-bond donors (Lipinski definition) is 3. The summed E-state index contributed by atoms with van der Waals surface area (Å²) in [5, 5.41) is 23.1. The average molecular weight is 788 g/mol. The number of hydrogen-bond acceptors (Lipinski definition) is 3. The Balaban J connectivity index is 3.50. The lowest BCUT2D eigenvalue weighted by Crippen LogP contribution is -2.45. The minimum atomic E-state index is -0.858. The summed E-state index contributed by atoms with van der Waals surface area (Å²) in [6.07, 6.45) is 63.2. The Labute approximate surface area is 351 Å². The van der Waals surface area contributed by atoms with Crippen LogP contribution in [0.4, 0.5) is 0 Å². The Morgan fingerprint density at radius 1 is 0.411 bits per heavy atom. The molecule has 0 aliphatic rings. The summed E-state index contributed by atoms with van der Waals surface area (Å²) < 4.78 is 0. The molecule has 0 aliphatic carbocycles. The van der Waals surface area contributed by atoms with Crippen LogP contribution in [0.2, 0.25) is 0 Å². The highest BCUT2D eigenvalue weighted by atomic mass is 16.3. The number of amides is 1. The van der Waals surface area contributed by atoms with Crippen LogP contribution >= 0.6 is 0 Å². The molecule has 56 heavy (non-hydrogen) atoms. The molecule has 1 amide bonds. The second kappa shape index (κ2) is 48.2. The van der Waals surface area contributed by atoms with Gasteiger partial charge in [0.15, 0.2) is 0 Å². The number of unbranched alkanes of at least 4 members (excludes halogenated alkanes) is 38. The molecule has 0 saturated carbocycles. The maximum absolute atomic E-state index is 12.4. The highest BCUT2D eigenvalue weighted by molar-refractivity contribution is 5.76. The molecule has 0 spiro atoms. The monoisotopic (exact) mass is 788 g/mol. The molecule has 0 fully saturated rings. The third kappa shape index (κ3) is 44.0. The van der Waals surface area contributed by atoms with Crippen molar-refractivity contribution < 1.29 is 15.0 Å². The van der Waals surface area contributed by atoms with Gasteiger partial charge < -0.3 is 15.5 Å². The van der Waals surface area contributed by atoms with Crippen molar-refractivity contribution in [2.45, 2.75) is 296 Å². The predicted octanol–water partition coefficient (Wildman–Crippen LogP) is 16.4. The van der Waals surface area contributed by atoms with Crippen LogP contribution in [0.25, 0.3) is 0 Å². The molecule has 0 rings (SSSR count). The molecule has 0 radical (unpaired) electrons. The van der Waals surface area contributed by atoms with Gasteiger partial charge in [0.05, 0.1) is 18.8 Å². The molecule has 2 atom stereocenters. The van der Waals surface area contributed by atoms with Crippen LogP contribution in [0.15, 0.2) is 24.3 Å². The Bertz CT molecular complexity index is 810. The number of rotatable bonds is 47. The lowest BCUT2D eigenvalue weighted by molar-refractivity contribution is -0.123. The number of carbonyl (C=O) groups is 1. The van der Waals surface area contributed by atoms with Gasteiger partial charge in [-0.2, -0.15) is 0 Å². The first kappa shape index (κ1) is 54.9. The van der Waals surface area contributed by atoms with Crippen molar-refractivity contribution in [3.05, 3.63) is 24.3 Å². The smallest absolute Gasteiger partial charge is 0.220 e. The van der Waals surface area contributed by atoms with Gasteiger partial charge in [0.2, 0.25) is 5.91 Å². The maximum Gasteiger partial charge on any atom is 0.220 e. The first-order chi connectivity index (χ1) is 27.7. The van der Waals surface area contributed by atoms with E-state index in [-0.39, 0.29) is 12.5 Å². The summed E-state index contributed by atoms with van der Waals surface area (Å²) in [7, 11) is 0. The quantitative estimate of drug-likeness (QED) is 0.0425. The van der Waals surface area contributed by atoms with Gasteiger partial charge in [0.25, 0.3) is 0 Å². The zero-order valence-electron chi connectivity index (χ0n) is 38.2. The maximum atomic E-state index is 12.4. The molecule has 0 aliphatic heterocycles. The van der Waals surface area contributed by atoms with Crippen LogP contribution in [0.5, 0.6) is 0 Å². The fourth-order valence-corrected chi connectivity index (χ4v) is 8.02. The molecule has 2 unspecified atom stereocenters. The molecule has 332 valence electrons. The Morgan fingerprint density at radius 3 is 1.04 bits per heavy atom. The van der Waals surface area contributed by atoms with Crippen LogP contribution in [0.1, 0.15) is 284 Å². The SMILES string of the molecule is CCCCCCCCCCCCCC/C=C/CC/C=C/C(O)C(CO)NC(=O)CCCCCCCCCCCCCCCCCCCCCCCCCCCC. The van der Waals surface area contributed by atoms with E-state index in [9.17, 15) is 15.0 Å². The van der Waals surface area contributed by atoms with E-state index in [1.807, 2.05) is 6.08 Å². The predicted molar refractivity (Wildman–Crippen MR) is 249 cm³/mol. The molecule has 0 aromatic heterocycles. The highest BCUT2D eigenvalue weighted by Crippen LogP contribution is 2.17. The molecule has 3 N–H and O–H groups in total. The van der Waals surface area contributed by atoms with Gasteiger partial charge >= 0.3 is 0 Å². The third-order valence-corrected chi connectivity index (χ3v) is 11.9. The molecule has 0 aromatic carbocycles.